The van der Waals surface area contributed by atoms with Crippen LogP contribution in [0.15, 0.2) is 70.1 Å². The van der Waals surface area contributed by atoms with E-state index in [0.717, 1.165) is 17.1 Å². The topological polar surface area (TPSA) is 207 Å². The summed E-state index contributed by atoms with van der Waals surface area (Å²) in [6, 6.07) is 8.77. The number of unbranched alkanes of at least 4 members (excludes halogenated alkanes) is 3. The SMILES string of the molecule is CC1(C)C(=CC=CC2=[N+](CCCCCC(=O)O)c3ccc(S(=O)(=O)O)cc3C2(C)C)N(CCCCS(=O)(=O)O)c2ccc(S(=O)(=O)O)cc21. The standard InChI is InChI=1S/C33H42N2O11S3/c1-32(2)25-21-23(48(41,42)43)14-16-27(25)34(18-7-5-6-13-31(36)37)29(32)11-10-12-30-33(3,4)26-22-24(49(44,45)46)15-17-28(26)35(30)19-8-9-20-47(38,39)40/h10-12,14-17,21-22H,5-9,13,18-20H2,1-4H3,(H3-,36,37,38,39,40,41,42,43,44,45,46)/p+1. The first kappa shape index (κ1) is 38.4. The summed E-state index contributed by atoms with van der Waals surface area (Å²) in [5, 5.41) is 9.02. The van der Waals surface area contributed by atoms with Gasteiger partial charge >= 0.3 is 5.97 Å². The Labute approximate surface area is 287 Å². The maximum absolute atomic E-state index is 12.0. The molecule has 2 heterocycles. The van der Waals surface area contributed by atoms with Crippen LogP contribution < -0.4 is 4.90 Å². The number of rotatable bonds is 15. The van der Waals surface area contributed by atoms with Crippen LogP contribution in [0.2, 0.25) is 0 Å². The normalized spacial score (nSPS) is 18.0. The van der Waals surface area contributed by atoms with Gasteiger partial charge in [-0.2, -0.15) is 29.8 Å². The molecule has 0 spiro atoms. The van der Waals surface area contributed by atoms with Crippen molar-refractivity contribution in [3.05, 3.63) is 71.5 Å². The molecule has 16 heteroatoms. The van der Waals surface area contributed by atoms with Gasteiger partial charge in [-0.3, -0.25) is 18.5 Å². The number of nitrogens with zero attached hydrogens (tertiary/aromatic N) is 2. The van der Waals surface area contributed by atoms with Gasteiger partial charge in [0.25, 0.3) is 30.4 Å². The Bertz CT molecular complexity index is 2060. The summed E-state index contributed by atoms with van der Waals surface area (Å²) >= 11 is 0. The summed E-state index contributed by atoms with van der Waals surface area (Å²) < 4.78 is 101. The number of anilines is 1. The van der Waals surface area contributed by atoms with Crippen molar-refractivity contribution in [3.63, 3.8) is 0 Å². The maximum Gasteiger partial charge on any atom is 0.303 e. The van der Waals surface area contributed by atoms with E-state index in [0.29, 0.717) is 55.6 Å². The van der Waals surface area contributed by atoms with Crippen molar-refractivity contribution < 1.29 is 53.4 Å². The van der Waals surface area contributed by atoms with Crippen LogP contribution in [0.25, 0.3) is 0 Å². The number of fused-ring (bicyclic) bond motifs is 2. The highest BCUT2D eigenvalue weighted by Crippen LogP contribution is 2.49. The van der Waals surface area contributed by atoms with Crippen LogP contribution in [-0.2, 0) is 46.0 Å². The van der Waals surface area contributed by atoms with Gasteiger partial charge in [-0.25, -0.2) is 0 Å². The third kappa shape index (κ3) is 8.67. The van der Waals surface area contributed by atoms with Gasteiger partial charge in [0.1, 0.15) is 6.54 Å². The smallest absolute Gasteiger partial charge is 0.303 e. The predicted molar refractivity (Wildman–Crippen MR) is 185 cm³/mol. The Balaban J connectivity index is 1.76. The van der Waals surface area contributed by atoms with Crippen LogP contribution in [0.4, 0.5) is 11.4 Å². The molecular formula is C33H43N2O11S3+. The van der Waals surface area contributed by atoms with E-state index in [9.17, 15) is 43.7 Å². The minimum Gasteiger partial charge on any atom is -0.481 e. The van der Waals surface area contributed by atoms with E-state index in [1.807, 2.05) is 50.8 Å². The molecule has 0 atom stereocenters. The van der Waals surface area contributed by atoms with E-state index in [4.69, 9.17) is 5.11 Å². The van der Waals surface area contributed by atoms with Crippen molar-refractivity contribution in [1.82, 2.24) is 0 Å². The lowest BCUT2D eigenvalue weighted by Gasteiger charge is -2.27. The highest BCUT2D eigenvalue weighted by molar-refractivity contribution is 7.86. The second kappa shape index (κ2) is 14.1. The van der Waals surface area contributed by atoms with Crippen LogP contribution in [0.3, 0.4) is 0 Å². The molecule has 0 saturated heterocycles. The summed E-state index contributed by atoms with van der Waals surface area (Å²) in [4.78, 5) is 12.5. The first-order valence-corrected chi connectivity index (χ1v) is 20.3. The number of hydrogen-bond acceptors (Lipinski definition) is 8. The number of carbonyl (C=O) groups is 1. The monoisotopic (exact) mass is 739 g/mol. The van der Waals surface area contributed by atoms with E-state index in [-0.39, 0.29) is 22.6 Å². The van der Waals surface area contributed by atoms with Crippen LogP contribution in [-0.4, -0.2) is 79.1 Å². The Kier molecular flexibility index (Phi) is 11.0. The number of aliphatic carboxylic acids is 1. The maximum atomic E-state index is 12.0. The zero-order chi connectivity index (χ0) is 36.6. The van der Waals surface area contributed by atoms with E-state index in [2.05, 4.69) is 4.58 Å². The van der Waals surface area contributed by atoms with E-state index >= 15 is 0 Å². The first-order chi connectivity index (χ1) is 22.5. The van der Waals surface area contributed by atoms with E-state index in [1.165, 1.54) is 24.3 Å². The molecular weight excluding hydrogens is 697 g/mol. The number of carboxylic acid groups (broad SMARTS) is 1. The third-order valence-corrected chi connectivity index (χ3v) is 11.6. The van der Waals surface area contributed by atoms with Crippen molar-refractivity contribution in [1.29, 1.82) is 0 Å². The van der Waals surface area contributed by atoms with Gasteiger partial charge < -0.3 is 10.0 Å². The van der Waals surface area contributed by atoms with Crippen molar-refractivity contribution >= 4 is 53.4 Å². The average molecular weight is 740 g/mol. The van der Waals surface area contributed by atoms with Crippen LogP contribution in [0.1, 0.15) is 77.3 Å². The van der Waals surface area contributed by atoms with Crippen molar-refractivity contribution in [2.45, 2.75) is 86.8 Å². The average Bonchev–Trinajstić information content (AvgIpc) is 3.31. The molecule has 2 aromatic carbocycles. The predicted octanol–water partition coefficient (Wildman–Crippen LogP) is 5.11. The number of allylic oxidation sites excluding steroid dienone is 4. The molecule has 0 amide bonds. The summed E-state index contributed by atoms with van der Waals surface area (Å²) in [5.74, 6) is -1.27. The molecule has 0 radical (unpaired) electrons. The van der Waals surface area contributed by atoms with E-state index in [1.54, 1.807) is 12.1 Å². The molecule has 0 fully saturated rings. The van der Waals surface area contributed by atoms with Crippen molar-refractivity contribution in [2.24, 2.45) is 0 Å². The molecule has 0 aromatic heterocycles. The first-order valence-electron chi connectivity index (χ1n) is 15.8. The van der Waals surface area contributed by atoms with Gasteiger partial charge in [-0.05, 0) is 81.5 Å². The lowest BCUT2D eigenvalue weighted by Crippen LogP contribution is -2.28. The van der Waals surface area contributed by atoms with Crippen LogP contribution in [0.5, 0.6) is 0 Å². The van der Waals surface area contributed by atoms with Gasteiger partial charge in [0.05, 0.1) is 21.0 Å². The lowest BCUT2D eigenvalue weighted by atomic mass is 9.81. The quantitative estimate of drug-likeness (QED) is 0.107. The molecule has 0 bridgehead atoms. The van der Waals surface area contributed by atoms with Gasteiger partial charge in [-0.15, -0.1) is 0 Å². The minimum atomic E-state index is -4.49. The van der Waals surface area contributed by atoms with Gasteiger partial charge in [0, 0.05) is 53.9 Å². The fourth-order valence-corrected chi connectivity index (χ4v) is 8.20. The second-order valence-corrected chi connectivity index (χ2v) is 17.8. The summed E-state index contributed by atoms with van der Waals surface area (Å²) in [5.41, 5.74) is 2.90. The molecule has 2 aromatic rings. The number of hydrogen-bond donors (Lipinski definition) is 4. The van der Waals surface area contributed by atoms with E-state index < -0.39 is 52.9 Å². The van der Waals surface area contributed by atoms with Gasteiger partial charge in [0.15, 0.2) is 5.71 Å². The van der Waals surface area contributed by atoms with Crippen LogP contribution >= 0.6 is 0 Å². The lowest BCUT2D eigenvalue weighted by molar-refractivity contribution is -0.438. The summed E-state index contributed by atoms with van der Waals surface area (Å²) in [6.07, 6.45) is 8.07. The third-order valence-electron chi connectivity index (χ3n) is 9.14. The Hall–Kier alpha value is -3.41. The minimum absolute atomic E-state index is 0.0556. The zero-order valence-corrected chi connectivity index (χ0v) is 30.3. The Morgan fingerprint density at radius 2 is 1.41 bits per heavy atom. The van der Waals surface area contributed by atoms with Crippen molar-refractivity contribution in [3.8, 4) is 0 Å². The molecule has 0 aliphatic carbocycles. The molecule has 49 heavy (non-hydrogen) atoms. The summed E-state index contributed by atoms with van der Waals surface area (Å²) in [6.45, 7) is 8.55. The zero-order valence-electron chi connectivity index (χ0n) is 27.8. The number of benzene rings is 2. The molecule has 2 aliphatic heterocycles. The molecule has 13 nitrogen and oxygen atoms in total. The highest BCUT2D eigenvalue weighted by Gasteiger charge is 2.45. The molecule has 268 valence electrons. The summed E-state index contributed by atoms with van der Waals surface area (Å²) in [7, 11) is -13.1. The van der Waals surface area contributed by atoms with Crippen LogP contribution in [0, 0.1) is 0 Å². The van der Waals surface area contributed by atoms with Crippen molar-refractivity contribution in [2.75, 3.05) is 23.7 Å². The van der Waals surface area contributed by atoms with Gasteiger partial charge in [0.2, 0.25) is 5.69 Å². The Morgan fingerprint density at radius 1 is 0.796 bits per heavy atom. The molecule has 2 aliphatic rings. The molecule has 0 saturated carbocycles. The van der Waals surface area contributed by atoms with Gasteiger partial charge in [-0.1, -0.05) is 19.9 Å². The Morgan fingerprint density at radius 3 is 2.00 bits per heavy atom. The fraction of sp³-hybridized carbons (Fsp3) is 0.455. The molecule has 4 N–H and O–H groups in total. The number of carboxylic acids is 1. The molecule has 4 rings (SSSR count). The largest absolute Gasteiger partial charge is 0.481 e. The second-order valence-electron chi connectivity index (χ2n) is 13.4. The molecule has 0 unspecified atom stereocenters. The fourth-order valence-electron chi connectivity index (χ4n) is 6.62. The highest BCUT2D eigenvalue weighted by atomic mass is 32.2.